The molecular formula is C15H24N6S. The fraction of sp³-hybridized carbons (Fsp3) is 0.467. The number of hydrogen-bond acceptors (Lipinski definition) is 4. The second kappa shape index (κ2) is 8.67. The van der Waals surface area contributed by atoms with Gasteiger partial charge in [0.2, 0.25) is 0 Å². The van der Waals surface area contributed by atoms with Crippen LogP contribution in [0.15, 0.2) is 24.3 Å². The Balaban J connectivity index is 1.58. The Bertz CT molecular complexity index is 561. The molecule has 0 amide bonds. The SMILES string of the molecule is CN(C)CCNC(=S)NCCNCc1nc2ccccc2[nH]1. The van der Waals surface area contributed by atoms with E-state index in [4.69, 9.17) is 12.2 Å². The maximum atomic E-state index is 5.21. The molecule has 2 aromatic rings. The minimum atomic E-state index is 0.701. The van der Waals surface area contributed by atoms with Gasteiger partial charge in [-0.25, -0.2) is 4.98 Å². The second-order valence-corrected chi connectivity index (χ2v) is 5.77. The van der Waals surface area contributed by atoms with Crippen LogP contribution in [0.1, 0.15) is 5.82 Å². The van der Waals surface area contributed by atoms with Crippen LogP contribution in [0.5, 0.6) is 0 Å². The van der Waals surface area contributed by atoms with Crippen molar-refractivity contribution < 1.29 is 0 Å². The Morgan fingerprint density at radius 1 is 1.18 bits per heavy atom. The fourth-order valence-corrected chi connectivity index (χ4v) is 2.22. The van der Waals surface area contributed by atoms with Gasteiger partial charge in [0, 0.05) is 26.2 Å². The number of aromatic nitrogens is 2. The van der Waals surface area contributed by atoms with Crippen LogP contribution < -0.4 is 16.0 Å². The normalized spacial score (nSPS) is 11.0. The van der Waals surface area contributed by atoms with Crippen LogP contribution in [-0.4, -0.2) is 60.3 Å². The minimum Gasteiger partial charge on any atom is -0.361 e. The van der Waals surface area contributed by atoms with Gasteiger partial charge in [0.1, 0.15) is 5.82 Å². The van der Waals surface area contributed by atoms with E-state index in [0.29, 0.717) is 5.11 Å². The molecule has 0 saturated carbocycles. The van der Waals surface area contributed by atoms with Crippen molar-refractivity contribution in [3.8, 4) is 0 Å². The number of imidazole rings is 1. The number of aromatic amines is 1. The van der Waals surface area contributed by atoms with Gasteiger partial charge >= 0.3 is 0 Å². The average Bonchev–Trinajstić information content (AvgIpc) is 2.89. The van der Waals surface area contributed by atoms with Gasteiger partial charge in [-0.3, -0.25) is 0 Å². The van der Waals surface area contributed by atoms with Crippen LogP contribution in [0.2, 0.25) is 0 Å². The predicted molar refractivity (Wildman–Crippen MR) is 95.0 cm³/mol. The first-order valence-corrected chi connectivity index (χ1v) is 7.87. The molecule has 1 heterocycles. The third-order valence-electron chi connectivity index (χ3n) is 3.16. The third kappa shape index (κ3) is 5.59. The van der Waals surface area contributed by atoms with Crippen LogP contribution in [0.25, 0.3) is 11.0 Å². The molecule has 0 bridgehead atoms. The van der Waals surface area contributed by atoms with Gasteiger partial charge in [-0.1, -0.05) is 12.1 Å². The Morgan fingerprint density at radius 3 is 2.73 bits per heavy atom. The van der Waals surface area contributed by atoms with Gasteiger partial charge in [-0.05, 0) is 38.4 Å². The Morgan fingerprint density at radius 2 is 1.95 bits per heavy atom. The molecule has 0 radical (unpaired) electrons. The molecule has 6 nitrogen and oxygen atoms in total. The summed E-state index contributed by atoms with van der Waals surface area (Å²) in [6.45, 7) is 4.15. The summed E-state index contributed by atoms with van der Waals surface area (Å²) >= 11 is 5.21. The van der Waals surface area contributed by atoms with Crippen LogP contribution >= 0.6 is 12.2 Å². The lowest BCUT2D eigenvalue weighted by Gasteiger charge is -2.13. The van der Waals surface area contributed by atoms with Gasteiger partial charge < -0.3 is 25.8 Å². The molecule has 0 saturated heterocycles. The average molecular weight is 320 g/mol. The van der Waals surface area contributed by atoms with E-state index in [0.717, 1.165) is 49.6 Å². The molecule has 1 aromatic heterocycles. The van der Waals surface area contributed by atoms with Gasteiger partial charge in [0.25, 0.3) is 0 Å². The maximum Gasteiger partial charge on any atom is 0.166 e. The van der Waals surface area contributed by atoms with Crippen molar-refractivity contribution in [2.45, 2.75) is 6.54 Å². The van der Waals surface area contributed by atoms with E-state index < -0.39 is 0 Å². The summed E-state index contributed by atoms with van der Waals surface area (Å²) in [5, 5.41) is 10.4. The number of nitrogens with one attached hydrogen (secondary N) is 4. The van der Waals surface area contributed by atoms with Crippen molar-refractivity contribution in [2.24, 2.45) is 0 Å². The number of fused-ring (bicyclic) bond motifs is 1. The highest BCUT2D eigenvalue weighted by Gasteiger charge is 2.01. The molecule has 0 atom stereocenters. The lowest BCUT2D eigenvalue weighted by molar-refractivity contribution is 0.412. The highest BCUT2D eigenvalue weighted by atomic mass is 32.1. The topological polar surface area (TPSA) is 68.0 Å². The summed E-state index contributed by atoms with van der Waals surface area (Å²) in [5.41, 5.74) is 2.08. The van der Waals surface area contributed by atoms with Crippen LogP contribution in [0.3, 0.4) is 0 Å². The highest BCUT2D eigenvalue weighted by molar-refractivity contribution is 7.80. The minimum absolute atomic E-state index is 0.701. The quantitative estimate of drug-likeness (QED) is 0.424. The summed E-state index contributed by atoms with van der Waals surface area (Å²) < 4.78 is 0. The Labute approximate surface area is 136 Å². The first kappa shape index (κ1) is 16.7. The molecule has 0 fully saturated rings. The zero-order valence-corrected chi connectivity index (χ0v) is 14.0. The lowest BCUT2D eigenvalue weighted by Crippen LogP contribution is -2.41. The first-order chi connectivity index (χ1) is 10.6. The van der Waals surface area contributed by atoms with E-state index in [1.54, 1.807) is 0 Å². The second-order valence-electron chi connectivity index (χ2n) is 5.36. The van der Waals surface area contributed by atoms with E-state index in [9.17, 15) is 0 Å². The van der Waals surface area contributed by atoms with E-state index in [1.165, 1.54) is 0 Å². The number of nitrogens with zero attached hydrogens (tertiary/aromatic N) is 2. The van der Waals surface area contributed by atoms with E-state index in [-0.39, 0.29) is 0 Å². The van der Waals surface area contributed by atoms with Crippen LogP contribution in [0, 0.1) is 0 Å². The molecule has 0 unspecified atom stereocenters. The molecule has 0 aliphatic carbocycles. The Kier molecular flexibility index (Phi) is 6.57. The monoisotopic (exact) mass is 320 g/mol. The van der Waals surface area contributed by atoms with Crippen LogP contribution in [-0.2, 0) is 6.54 Å². The summed E-state index contributed by atoms with van der Waals surface area (Å²) in [5.74, 6) is 0.952. The van der Waals surface area contributed by atoms with Crippen molar-refractivity contribution in [1.82, 2.24) is 30.8 Å². The van der Waals surface area contributed by atoms with Gasteiger partial charge in [0.05, 0.1) is 17.6 Å². The summed E-state index contributed by atoms with van der Waals surface area (Å²) in [7, 11) is 4.08. The number of thiocarbonyl (C=S) groups is 1. The zero-order chi connectivity index (χ0) is 15.8. The first-order valence-electron chi connectivity index (χ1n) is 7.46. The number of rotatable bonds is 8. The molecule has 4 N–H and O–H groups in total. The Hall–Kier alpha value is -1.70. The maximum absolute atomic E-state index is 5.21. The molecular weight excluding hydrogens is 296 g/mol. The number of H-pyrrole nitrogens is 1. The number of hydrogen-bond donors (Lipinski definition) is 4. The van der Waals surface area contributed by atoms with Gasteiger partial charge in [0.15, 0.2) is 5.11 Å². The van der Waals surface area contributed by atoms with Gasteiger partial charge in [-0.2, -0.15) is 0 Å². The van der Waals surface area contributed by atoms with E-state index >= 15 is 0 Å². The molecule has 0 aliphatic heterocycles. The summed E-state index contributed by atoms with van der Waals surface area (Å²) in [6, 6.07) is 8.04. The molecule has 0 spiro atoms. The molecule has 120 valence electrons. The number of likely N-dealkylation sites (N-methyl/N-ethyl adjacent to an activating group) is 1. The third-order valence-corrected chi connectivity index (χ3v) is 3.45. The van der Waals surface area contributed by atoms with Gasteiger partial charge in [-0.15, -0.1) is 0 Å². The molecule has 0 aliphatic rings. The molecule has 2 rings (SSSR count). The van der Waals surface area contributed by atoms with E-state index in [2.05, 4.69) is 30.8 Å². The van der Waals surface area contributed by atoms with Crippen molar-refractivity contribution in [3.63, 3.8) is 0 Å². The summed E-state index contributed by atoms with van der Waals surface area (Å²) in [6.07, 6.45) is 0. The standard InChI is InChI=1S/C15H24N6S/c1-21(2)10-9-18-15(22)17-8-7-16-11-14-19-12-5-3-4-6-13(12)20-14/h3-6,16H,7-11H2,1-2H3,(H,19,20)(H2,17,18,22). The van der Waals surface area contributed by atoms with Crippen molar-refractivity contribution in [2.75, 3.05) is 40.3 Å². The number of benzene rings is 1. The number of para-hydroxylation sites is 2. The molecule has 7 heteroatoms. The van der Waals surface area contributed by atoms with Crippen molar-refractivity contribution in [3.05, 3.63) is 30.1 Å². The molecule has 1 aromatic carbocycles. The van der Waals surface area contributed by atoms with Crippen molar-refractivity contribution in [1.29, 1.82) is 0 Å². The zero-order valence-electron chi connectivity index (χ0n) is 13.1. The lowest BCUT2D eigenvalue weighted by atomic mass is 10.3. The highest BCUT2D eigenvalue weighted by Crippen LogP contribution is 2.09. The summed E-state index contributed by atoms with van der Waals surface area (Å²) in [4.78, 5) is 9.93. The predicted octanol–water partition coefficient (Wildman–Crippen LogP) is 0.678. The fourth-order valence-electron chi connectivity index (χ4n) is 2.02. The van der Waals surface area contributed by atoms with Crippen molar-refractivity contribution >= 4 is 28.4 Å². The smallest absolute Gasteiger partial charge is 0.166 e. The van der Waals surface area contributed by atoms with Crippen LogP contribution in [0.4, 0.5) is 0 Å². The molecule has 22 heavy (non-hydrogen) atoms. The van der Waals surface area contributed by atoms with E-state index in [1.807, 2.05) is 38.4 Å². The largest absolute Gasteiger partial charge is 0.361 e.